The van der Waals surface area contributed by atoms with Gasteiger partial charge in [0.15, 0.2) is 0 Å². The minimum atomic E-state index is 0.868. The topological polar surface area (TPSA) is 21.3 Å². The number of hydrogen-bond donors (Lipinski definition) is 1. The second-order valence-corrected chi connectivity index (χ2v) is 4.38. The van der Waals surface area contributed by atoms with Gasteiger partial charge in [-0.15, -0.1) is 0 Å². The van der Waals surface area contributed by atoms with Crippen LogP contribution in [0.25, 0.3) is 0 Å². The average Bonchev–Trinajstić information content (AvgIpc) is 2.14. The van der Waals surface area contributed by atoms with Crippen LogP contribution in [0.15, 0.2) is 0 Å². The summed E-state index contributed by atoms with van der Waals surface area (Å²) < 4.78 is 6.56. The summed E-state index contributed by atoms with van der Waals surface area (Å²) in [6.45, 7) is 4.32. The van der Waals surface area contributed by atoms with Crippen LogP contribution in [0.3, 0.4) is 0 Å². The minimum Gasteiger partial charge on any atom is -0.381 e. The van der Waals surface area contributed by atoms with E-state index in [1.165, 1.54) is 36.8 Å². The molecule has 0 spiro atoms. The van der Waals surface area contributed by atoms with E-state index in [9.17, 15) is 0 Å². The Labute approximate surface area is 88.6 Å². The van der Waals surface area contributed by atoms with E-state index in [1.807, 2.05) is 0 Å². The normalized spacial score (nSPS) is 19.8. The minimum absolute atomic E-state index is 0.868. The fourth-order valence-corrected chi connectivity index (χ4v) is 1.83. The Morgan fingerprint density at radius 3 is 2.75 bits per heavy atom. The summed E-state index contributed by atoms with van der Waals surface area (Å²) in [5.41, 5.74) is 0. The molecule has 0 aromatic rings. The molecule has 0 atom stereocenters. The molecular weight excluding hydrogens is 265 g/mol. The zero-order chi connectivity index (χ0) is 8.65. The first-order valence-electron chi connectivity index (χ1n) is 4.78. The molecule has 1 N–H and O–H groups in total. The van der Waals surface area contributed by atoms with Crippen LogP contribution >= 0.6 is 22.6 Å². The summed E-state index contributed by atoms with van der Waals surface area (Å²) in [5.74, 6) is 0.868. The number of alkyl halides is 1. The highest BCUT2D eigenvalue weighted by Crippen LogP contribution is 2.12. The maximum absolute atomic E-state index is 5.30. The molecule has 0 radical (unpaired) electrons. The van der Waals surface area contributed by atoms with Crippen molar-refractivity contribution in [1.29, 1.82) is 0 Å². The van der Waals surface area contributed by atoms with Crippen LogP contribution in [-0.4, -0.2) is 30.7 Å². The molecular formula is C9H18INO. The average molecular weight is 283 g/mol. The molecule has 1 fully saturated rings. The Balaban J connectivity index is 1.91. The number of rotatable bonds is 5. The van der Waals surface area contributed by atoms with Crippen molar-refractivity contribution >= 4 is 22.6 Å². The first-order chi connectivity index (χ1) is 5.93. The first-order valence-corrected chi connectivity index (χ1v) is 6.30. The smallest absolute Gasteiger partial charge is 0.0469 e. The summed E-state index contributed by atoms with van der Waals surface area (Å²) in [6, 6.07) is 0. The summed E-state index contributed by atoms with van der Waals surface area (Å²) in [5, 5.41) is 3.50. The quantitative estimate of drug-likeness (QED) is 0.472. The third-order valence-corrected chi connectivity index (χ3v) is 3.02. The van der Waals surface area contributed by atoms with Gasteiger partial charge >= 0.3 is 0 Å². The van der Waals surface area contributed by atoms with Gasteiger partial charge in [-0.3, -0.25) is 0 Å². The van der Waals surface area contributed by atoms with Crippen molar-refractivity contribution in [3.8, 4) is 0 Å². The molecule has 0 aromatic carbocycles. The van der Waals surface area contributed by atoms with E-state index in [0.29, 0.717) is 0 Å². The molecule has 2 nitrogen and oxygen atoms in total. The maximum atomic E-state index is 5.30. The van der Waals surface area contributed by atoms with Crippen molar-refractivity contribution < 1.29 is 4.74 Å². The van der Waals surface area contributed by atoms with E-state index in [0.717, 1.165) is 19.1 Å². The lowest BCUT2D eigenvalue weighted by Crippen LogP contribution is -2.28. The van der Waals surface area contributed by atoms with Gasteiger partial charge in [-0.25, -0.2) is 0 Å². The van der Waals surface area contributed by atoms with Gasteiger partial charge in [0, 0.05) is 17.6 Å². The van der Waals surface area contributed by atoms with Crippen LogP contribution in [0.1, 0.15) is 19.3 Å². The lowest BCUT2D eigenvalue weighted by Gasteiger charge is -2.22. The van der Waals surface area contributed by atoms with Crippen molar-refractivity contribution in [3.63, 3.8) is 0 Å². The van der Waals surface area contributed by atoms with Crippen molar-refractivity contribution in [2.75, 3.05) is 30.7 Å². The van der Waals surface area contributed by atoms with Crippen LogP contribution in [0.5, 0.6) is 0 Å². The van der Waals surface area contributed by atoms with Crippen LogP contribution < -0.4 is 5.32 Å². The molecule has 72 valence electrons. The molecule has 0 unspecified atom stereocenters. The number of nitrogens with one attached hydrogen (secondary N) is 1. The second kappa shape index (κ2) is 7.09. The Hall–Kier alpha value is 0.650. The van der Waals surface area contributed by atoms with E-state index in [-0.39, 0.29) is 0 Å². The molecule has 0 bridgehead atoms. The fourth-order valence-electron chi connectivity index (χ4n) is 1.45. The Morgan fingerprint density at radius 1 is 1.33 bits per heavy atom. The summed E-state index contributed by atoms with van der Waals surface area (Å²) >= 11 is 2.42. The van der Waals surface area contributed by atoms with E-state index in [2.05, 4.69) is 27.9 Å². The van der Waals surface area contributed by atoms with Crippen molar-refractivity contribution in [3.05, 3.63) is 0 Å². The van der Waals surface area contributed by atoms with E-state index in [1.54, 1.807) is 0 Å². The van der Waals surface area contributed by atoms with Gasteiger partial charge < -0.3 is 10.1 Å². The predicted molar refractivity (Wildman–Crippen MR) is 59.9 cm³/mol. The third-order valence-electron chi connectivity index (χ3n) is 2.26. The lowest BCUT2D eigenvalue weighted by molar-refractivity contribution is 0.0664. The summed E-state index contributed by atoms with van der Waals surface area (Å²) in [4.78, 5) is 0. The molecule has 0 saturated carbocycles. The summed E-state index contributed by atoms with van der Waals surface area (Å²) in [7, 11) is 0. The zero-order valence-electron chi connectivity index (χ0n) is 7.52. The Morgan fingerprint density at radius 2 is 2.08 bits per heavy atom. The molecule has 1 saturated heterocycles. The van der Waals surface area contributed by atoms with E-state index >= 15 is 0 Å². The van der Waals surface area contributed by atoms with Crippen LogP contribution in [0.4, 0.5) is 0 Å². The molecule has 1 aliphatic heterocycles. The molecule has 0 amide bonds. The van der Waals surface area contributed by atoms with Gasteiger partial charge in [0.2, 0.25) is 0 Å². The molecule has 1 heterocycles. The van der Waals surface area contributed by atoms with Crippen LogP contribution in [0, 0.1) is 5.92 Å². The third kappa shape index (κ3) is 4.62. The number of hydrogen-bond acceptors (Lipinski definition) is 2. The van der Waals surface area contributed by atoms with Crippen LogP contribution in [0.2, 0.25) is 0 Å². The maximum Gasteiger partial charge on any atom is 0.0469 e. The van der Waals surface area contributed by atoms with Gasteiger partial charge in [0.25, 0.3) is 0 Å². The molecule has 0 aromatic heterocycles. The van der Waals surface area contributed by atoms with Gasteiger partial charge in [-0.1, -0.05) is 22.6 Å². The van der Waals surface area contributed by atoms with Gasteiger partial charge in [0.1, 0.15) is 0 Å². The first kappa shape index (κ1) is 10.7. The SMILES string of the molecule is ICCCNCC1CCOCC1. The van der Waals surface area contributed by atoms with Crippen molar-refractivity contribution in [2.24, 2.45) is 5.92 Å². The second-order valence-electron chi connectivity index (χ2n) is 3.30. The standard InChI is InChI=1S/C9H18INO/c10-4-1-5-11-8-9-2-6-12-7-3-9/h9,11H,1-8H2. The van der Waals surface area contributed by atoms with Gasteiger partial charge in [0.05, 0.1) is 0 Å². The van der Waals surface area contributed by atoms with E-state index < -0.39 is 0 Å². The molecule has 1 aliphatic rings. The monoisotopic (exact) mass is 283 g/mol. The highest BCUT2D eigenvalue weighted by atomic mass is 127. The van der Waals surface area contributed by atoms with Crippen molar-refractivity contribution in [2.45, 2.75) is 19.3 Å². The molecule has 1 rings (SSSR count). The number of ether oxygens (including phenoxy) is 1. The largest absolute Gasteiger partial charge is 0.381 e. The highest BCUT2D eigenvalue weighted by Gasteiger charge is 2.12. The van der Waals surface area contributed by atoms with Gasteiger partial charge in [-0.05, 0) is 38.3 Å². The lowest BCUT2D eigenvalue weighted by atomic mass is 10.0. The Kier molecular flexibility index (Phi) is 6.34. The Bertz CT molecular complexity index is 105. The fraction of sp³-hybridized carbons (Fsp3) is 1.00. The molecule has 12 heavy (non-hydrogen) atoms. The van der Waals surface area contributed by atoms with Gasteiger partial charge in [-0.2, -0.15) is 0 Å². The van der Waals surface area contributed by atoms with Crippen molar-refractivity contribution in [1.82, 2.24) is 5.32 Å². The zero-order valence-corrected chi connectivity index (χ0v) is 9.68. The number of halogens is 1. The van der Waals surface area contributed by atoms with E-state index in [4.69, 9.17) is 4.74 Å². The molecule has 0 aliphatic carbocycles. The predicted octanol–water partition coefficient (Wildman–Crippen LogP) is 1.83. The molecule has 3 heteroatoms. The van der Waals surface area contributed by atoms with Crippen LogP contribution in [-0.2, 0) is 4.74 Å². The highest BCUT2D eigenvalue weighted by molar-refractivity contribution is 14.1. The summed E-state index contributed by atoms with van der Waals surface area (Å²) in [6.07, 6.45) is 3.79.